The standard InChI is InChI=1S/C21H24O11/c1-11(22)27-10-17-18(28-12(2)23)19(29-13(3)24)20(30-14(4)25)21(32-17)31-16-9-7-5-6-8-15(16)26/h5-9,17-21H,10H2,1-4H3/t17-,18-,19+,20-,21-/m1/s1. The summed E-state index contributed by atoms with van der Waals surface area (Å²) in [4.78, 5) is 58.9. The first kappa shape index (κ1) is 24.8. The molecule has 32 heavy (non-hydrogen) atoms. The van der Waals surface area contributed by atoms with Crippen LogP contribution in [0.3, 0.4) is 0 Å². The number of hydrogen-bond donors (Lipinski definition) is 0. The molecule has 174 valence electrons. The zero-order chi connectivity index (χ0) is 23.8. The fourth-order valence-electron chi connectivity index (χ4n) is 3.02. The third-order valence-corrected chi connectivity index (χ3v) is 4.15. The maximum Gasteiger partial charge on any atom is 0.303 e. The fraction of sp³-hybridized carbons (Fsp3) is 0.476. The maximum atomic E-state index is 12.3. The minimum atomic E-state index is -1.47. The van der Waals surface area contributed by atoms with E-state index in [0.29, 0.717) is 0 Å². The Labute approximate surface area is 183 Å². The molecule has 1 aliphatic rings. The van der Waals surface area contributed by atoms with E-state index >= 15 is 0 Å². The summed E-state index contributed by atoms with van der Waals surface area (Å²) in [7, 11) is 0. The van der Waals surface area contributed by atoms with Crippen molar-refractivity contribution in [3.05, 3.63) is 40.6 Å². The van der Waals surface area contributed by atoms with E-state index in [9.17, 15) is 24.0 Å². The van der Waals surface area contributed by atoms with E-state index in [1.165, 1.54) is 18.2 Å². The lowest BCUT2D eigenvalue weighted by molar-refractivity contribution is -0.288. The van der Waals surface area contributed by atoms with Crippen LogP contribution >= 0.6 is 0 Å². The van der Waals surface area contributed by atoms with Crippen LogP contribution in [0.4, 0.5) is 0 Å². The Morgan fingerprint density at radius 3 is 1.94 bits per heavy atom. The molecule has 11 nitrogen and oxygen atoms in total. The van der Waals surface area contributed by atoms with Gasteiger partial charge in [-0.25, -0.2) is 0 Å². The monoisotopic (exact) mass is 452 g/mol. The zero-order valence-corrected chi connectivity index (χ0v) is 18.0. The molecule has 0 N–H and O–H groups in total. The van der Waals surface area contributed by atoms with Crippen LogP contribution in [0.2, 0.25) is 0 Å². The number of ether oxygens (including phenoxy) is 6. The Hall–Kier alpha value is -3.47. The van der Waals surface area contributed by atoms with E-state index in [2.05, 4.69) is 0 Å². The third kappa shape index (κ3) is 7.05. The minimum absolute atomic E-state index is 0.143. The van der Waals surface area contributed by atoms with E-state index in [1.54, 1.807) is 12.1 Å². The Kier molecular flexibility index (Phi) is 8.71. The Morgan fingerprint density at radius 2 is 1.34 bits per heavy atom. The van der Waals surface area contributed by atoms with Crippen LogP contribution < -0.4 is 10.2 Å². The van der Waals surface area contributed by atoms with Crippen LogP contribution in [0.5, 0.6) is 5.75 Å². The highest BCUT2D eigenvalue weighted by molar-refractivity contribution is 5.68. The molecule has 0 spiro atoms. The average Bonchev–Trinajstić information content (AvgIpc) is 2.88. The van der Waals surface area contributed by atoms with Crippen molar-refractivity contribution in [3.8, 4) is 5.75 Å². The lowest BCUT2D eigenvalue weighted by atomic mass is 9.98. The lowest BCUT2D eigenvalue weighted by Crippen LogP contribution is -2.63. The van der Waals surface area contributed by atoms with Crippen molar-refractivity contribution in [1.82, 2.24) is 0 Å². The van der Waals surface area contributed by atoms with Crippen LogP contribution in [-0.4, -0.2) is 61.2 Å². The molecule has 1 aromatic rings. The number of rotatable bonds is 7. The normalized spacial score (nSPS) is 24.6. The van der Waals surface area contributed by atoms with Crippen molar-refractivity contribution in [2.45, 2.75) is 58.4 Å². The van der Waals surface area contributed by atoms with E-state index in [1.807, 2.05) is 0 Å². The molecule has 0 radical (unpaired) electrons. The highest BCUT2D eigenvalue weighted by Gasteiger charge is 2.53. The quantitative estimate of drug-likeness (QED) is 0.422. The van der Waals surface area contributed by atoms with Crippen LogP contribution in [0.1, 0.15) is 27.7 Å². The van der Waals surface area contributed by atoms with Gasteiger partial charge in [-0.2, -0.15) is 0 Å². The summed E-state index contributed by atoms with van der Waals surface area (Å²) in [6.07, 6.45) is -6.74. The van der Waals surface area contributed by atoms with Crippen molar-refractivity contribution in [2.75, 3.05) is 6.61 Å². The zero-order valence-electron chi connectivity index (χ0n) is 18.0. The fourth-order valence-corrected chi connectivity index (χ4v) is 3.02. The number of carbonyl (C=O) groups is 4. The maximum absolute atomic E-state index is 12.3. The van der Waals surface area contributed by atoms with Crippen molar-refractivity contribution < 1.29 is 47.6 Å². The second-order valence-corrected chi connectivity index (χ2v) is 6.82. The number of hydrogen-bond acceptors (Lipinski definition) is 11. The summed E-state index contributed by atoms with van der Waals surface area (Å²) in [5.41, 5.74) is -0.497. The van der Waals surface area contributed by atoms with Gasteiger partial charge in [-0.15, -0.1) is 0 Å². The van der Waals surface area contributed by atoms with E-state index in [0.717, 1.165) is 27.7 Å². The van der Waals surface area contributed by atoms with Gasteiger partial charge in [-0.1, -0.05) is 18.2 Å². The van der Waals surface area contributed by atoms with Gasteiger partial charge in [0, 0.05) is 27.7 Å². The van der Waals surface area contributed by atoms with E-state index in [4.69, 9.17) is 28.4 Å². The first-order chi connectivity index (χ1) is 15.1. The van der Waals surface area contributed by atoms with Crippen molar-refractivity contribution in [1.29, 1.82) is 0 Å². The predicted octanol–water partition coefficient (Wildman–Crippen LogP) is 0.509. The van der Waals surface area contributed by atoms with Gasteiger partial charge in [0.15, 0.2) is 18.0 Å². The largest absolute Gasteiger partial charge is 0.463 e. The lowest BCUT2D eigenvalue weighted by Gasteiger charge is -2.43. The smallest absolute Gasteiger partial charge is 0.303 e. The minimum Gasteiger partial charge on any atom is -0.463 e. The molecular formula is C21H24O11. The van der Waals surface area contributed by atoms with Crippen molar-refractivity contribution in [3.63, 3.8) is 0 Å². The molecule has 0 saturated carbocycles. The van der Waals surface area contributed by atoms with Gasteiger partial charge in [0.1, 0.15) is 12.7 Å². The molecule has 0 aromatic heterocycles. The summed E-state index contributed by atoms with van der Waals surface area (Å²) in [6, 6.07) is 7.27. The molecule has 2 rings (SSSR count). The molecule has 1 aliphatic heterocycles. The first-order valence-electron chi connectivity index (χ1n) is 9.65. The Morgan fingerprint density at radius 1 is 0.781 bits per heavy atom. The van der Waals surface area contributed by atoms with Gasteiger partial charge in [0.25, 0.3) is 0 Å². The summed E-state index contributed by atoms with van der Waals surface area (Å²) < 4.78 is 32.3. The van der Waals surface area contributed by atoms with Gasteiger partial charge < -0.3 is 28.4 Å². The average molecular weight is 452 g/mol. The van der Waals surface area contributed by atoms with Crippen molar-refractivity contribution in [2.24, 2.45) is 0 Å². The first-order valence-corrected chi connectivity index (χ1v) is 9.65. The van der Waals surface area contributed by atoms with Crippen LogP contribution in [-0.2, 0) is 42.9 Å². The molecule has 5 atom stereocenters. The SMILES string of the molecule is CC(=O)OC[C@H]1O[C@@H](Oc2cccccc2=O)[C@H](OC(C)=O)[C@@H](OC(C)=O)[C@@H]1OC(C)=O. The highest BCUT2D eigenvalue weighted by atomic mass is 16.7. The summed E-state index contributed by atoms with van der Waals surface area (Å²) in [5, 5.41) is 0. The van der Waals surface area contributed by atoms with Gasteiger partial charge in [-0.3, -0.25) is 24.0 Å². The summed E-state index contributed by atoms with van der Waals surface area (Å²) in [6.45, 7) is 4.09. The van der Waals surface area contributed by atoms with Crippen molar-refractivity contribution >= 4 is 23.9 Å². The Balaban J connectivity index is 2.50. The number of esters is 4. The van der Waals surface area contributed by atoms with Gasteiger partial charge >= 0.3 is 23.9 Å². The number of carbonyl (C=O) groups excluding carboxylic acids is 4. The van der Waals surface area contributed by atoms with Gasteiger partial charge in [0.05, 0.1) is 0 Å². The molecular weight excluding hydrogens is 428 g/mol. The van der Waals surface area contributed by atoms with E-state index in [-0.39, 0.29) is 5.75 Å². The molecule has 1 fully saturated rings. The van der Waals surface area contributed by atoms with Gasteiger partial charge in [-0.05, 0) is 12.1 Å². The molecule has 1 aromatic carbocycles. The summed E-state index contributed by atoms with van der Waals surface area (Å²) in [5.74, 6) is -3.08. The Bertz CT molecular complexity index is 912. The third-order valence-electron chi connectivity index (χ3n) is 4.15. The van der Waals surface area contributed by atoms with Crippen LogP contribution in [0, 0.1) is 0 Å². The molecule has 1 saturated heterocycles. The van der Waals surface area contributed by atoms with Gasteiger partial charge in [0.2, 0.25) is 17.8 Å². The second-order valence-electron chi connectivity index (χ2n) is 6.82. The topological polar surface area (TPSA) is 141 Å². The van der Waals surface area contributed by atoms with E-state index < -0.39 is 66.6 Å². The highest BCUT2D eigenvalue weighted by Crippen LogP contribution is 2.30. The molecule has 11 heteroatoms. The molecule has 0 unspecified atom stereocenters. The molecule has 0 bridgehead atoms. The van der Waals surface area contributed by atoms with Crippen LogP contribution in [0.15, 0.2) is 35.1 Å². The molecule has 0 aliphatic carbocycles. The van der Waals surface area contributed by atoms with Crippen LogP contribution in [0.25, 0.3) is 0 Å². The summed E-state index contributed by atoms with van der Waals surface area (Å²) >= 11 is 0. The molecule has 0 amide bonds. The predicted molar refractivity (Wildman–Crippen MR) is 105 cm³/mol. The molecule has 1 heterocycles. The second kappa shape index (κ2) is 11.2.